The molecular formula is C15H16FN3O2S2. The van der Waals surface area contributed by atoms with E-state index < -0.39 is 11.7 Å². The SMILES string of the molecule is Nc1c(C(=O)Nc2cccc(F)c2)sc(=S)n1C[C@@H]1CCCO1. The van der Waals surface area contributed by atoms with Crippen LogP contribution in [0.15, 0.2) is 24.3 Å². The van der Waals surface area contributed by atoms with Crippen LogP contribution in [0, 0.1) is 9.77 Å². The molecule has 1 aromatic heterocycles. The van der Waals surface area contributed by atoms with Crippen molar-refractivity contribution in [1.29, 1.82) is 0 Å². The Hall–Kier alpha value is -1.77. The third kappa shape index (κ3) is 3.60. The van der Waals surface area contributed by atoms with Crippen molar-refractivity contribution in [2.45, 2.75) is 25.5 Å². The third-order valence-electron chi connectivity index (χ3n) is 3.63. The summed E-state index contributed by atoms with van der Waals surface area (Å²) in [5.74, 6) is -0.487. The number of aromatic nitrogens is 1. The van der Waals surface area contributed by atoms with Gasteiger partial charge in [0.1, 0.15) is 16.5 Å². The zero-order valence-corrected chi connectivity index (χ0v) is 13.9. The summed E-state index contributed by atoms with van der Waals surface area (Å²) in [6.45, 7) is 1.29. The van der Waals surface area contributed by atoms with Crippen molar-refractivity contribution in [1.82, 2.24) is 4.57 Å². The fourth-order valence-corrected chi connectivity index (χ4v) is 3.74. The first kappa shape index (κ1) is 16.1. The fourth-order valence-electron chi connectivity index (χ4n) is 2.50. The van der Waals surface area contributed by atoms with E-state index in [1.165, 1.54) is 18.2 Å². The van der Waals surface area contributed by atoms with Crippen molar-refractivity contribution < 1.29 is 13.9 Å². The Labute approximate surface area is 141 Å². The van der Waals surface area contributed by atoms with Gasteiger partial charge in [-0.2, -0.15) is 0 Å². The van der Waals surface area contributed by atoms with Crippen LogP contribution in [0.4, 0.5) is 15.9 Å². The number of nitrogens with zero attached hydrogens (tertiary/aromatic N) is 1. The summed E-state index contributed by atoms with van der Waals surface area (Å²) in [4.78, 5) is 12.7. The number of ether oxygens (including phenoxy) is 1. The number of anilines is 2. The second-order valence-corrected chi connectivity index (χ2v) is 6.94. The van der Waals surface area contributed by atoms with Gasteiger partial charge in [-0.05, 0) is 43.3 Å². The van der Waals surface area contributed by atoms with E-state index in [0.717, 1.165) is 30.8 Å². The molecule has 0 aliphatic carbocycles. The summed E-state index contributed by atoms with van der Waals surface area (Å²) in [6, 6.07) is 5.70. The van der Waals surface area contributed by atoms with Crippen LogP contribution < -0.4 is 11.1 Å². The second kappa shape index (κ2) is 6.77. The van der Waals surface area contributed by atoms with Crippen LogP contribution in [0.25, 0.3) is 0 Å². The van der Waals surface area contributed by atoms with E-state index in [1.807, 2.05) is 0 Å². The summed E-state index contributed by atoms with van der Waals surface area (Å²) in [5, 5.41) is 2.63. The summed E-state index contributed by atoms with van der Waals surface area (Å²) in [5.41, 5.74) is 6.46. The van der Waals surface area contributed by atoms with Crippen molar-refractivity contribution in [2.75, 3.05) is 17.7 Å². The molecule has 1 aliphatic heterocycles. The molecule has 1 atom stereocenters. The smallest absolute Gasteiger partial charge is 0.269 e. The molecule has 0 saturated carbocycles. The van der Waals surface area contributed by atoms with Crippen LogP contribution in [-0.2, 0) is 11.3 Å². The van der Waals surface area contributed by atoms with E-state index in [-0.39, 0.29) is 6.10 Å². The predicted molar refractivity (Wildman–Crippen MR) is 90.9 cm³/mol. The molecule has 1 fully saturated rings. The summed E-state index contributed by atoms with van der Waals surface area (Å²) >= 11 is 6.45. The standard InChI is InChI=1S/C15H16FN3O2S2/c16-9-3-1-4-10(7-9)18-14(20)12-13(17)19(15(22)23-12)8-11-5-2-6-21-11/h1,3-4,7,11H,2,5-6,8,17H2,(H,18,20)/t11-/m0/s1. The minimum Gasteiger partial charge on any atom is -0.384 e. The molecule has 3 rings (SSSR count). The van der Waals surface area contributed by atoms with Crippen molar-refractivity contribution >= 4 is 41.0 Å². The molecule has 0 unspecified atom stereocenters. The number of halogens is 1. The van der Waals surface area contributed by atoms with Gasteiger partial charge in [0.25, 0.3) is 5.91 Å². The molecule has 0 bridgehead atoms. The van der Waals surface area contributed by atoms with E-state index >= 15 is 0 Å². The van der Waals surface area contributed by atoms with Gasteiger partial charge >= 0.3 is 0 Å². The number of nitrogen functional groups attached to an aromatic ring is 1. The highest BCUT2D eigenvalue weighted by Crippen LogP contribution is 2.26. The number of benzene rings is 1. The van der Waals surface area contributed by atoms with Crippen molar-refractivity contribution in [2.24, 2.45) is 0 Å². The van der Waals surface area contributed by atoms with Crippen LogP contribution in [0.3, 0.4) is 0 Å². The van der Waals surface area contributed by atoms with Gasteiger partial charge in [0.2, 0.25) is 0 Å². The van der Waals surface area contributed by atoms with Gasteiger partial charge < -0.3 is 20.4 Å². The number of amides is 1. The molecule has 8 heteroatoms. The van der Waals surface area contributed by atoms with Crippen molar-refractivity contribution in [3.05, 3.63) is 38.9 Å². The van der Waals surface area contributed by atoms with Gasteiger partial charge in [0, 0.05) is 12.3 Å². The first-order valence-electron chi connectivity index (χ1n) is 7.22. The largest absolute Gasteiger partial charge is 0.384 e. The average Bonchev–Trinajstić information content (AvgIpc) is 3.11. The Morgan fingerprint density at radius 1 is 1.57 bits per heavy atom. The highest BCUT2D eigenvalue weighted by atomic mass is 32.1. The highest BCUT2D eigenvalue weighted by Gasteiger charge is 2.22. The maximum atomic E-state index is 13.2. The zero-order chi connectivity index (χ0) is 16.4. The van der Waals surface area contributed by atoms with Crippen LogP contribution in [0.1, 0.15) is 22.5 Å². The molecule has 2 aromatic rings. The lowest BCUT2D eigenvalue weighted by atomic mass is 10.2. The maximum Gasteiger partial charge on any atom is 0.269 e. The lowest BCUT2D eigenvalue weighted by molar-refractivity contribution is 0.0970. The number of hydrogen-bond donors (Lipinski definition) is 2. The van der Waals surface area contributed by atoms with Gasteiger partial charge in [-0.15, -0.1) is 0 Å². The number of carbonyl (C=O) groups is 1. The first-order valence-corrected chi connectivity index (χ1v) is 8.44. The Bertz CT molecular complexity index is 781. The molecule has 1 aromatic carbocycles. The average molecular weight is 353 g/mol. The van der Waals surface area contributed by atoms with Crippen molar-refractivity contribution in [3.63, 3.8) is 0 Å². The summed E-state index contributed by atoms with van der Waals surface area (Å²) in [6.07, 6.45) is 2.06. The Morgan fingerprint density at radius 3 is 3.09 bits per heavy atom. The van der Waals surface area contributed by atoms with Gasteiger partial charge in [-0.1, -0.05) is 17.4 Å². The molecular weight excluding hydrogens is 337 g/mol. The summed E-state index contributed by atoms with van der Waals surface area (Å²) < 4.78 is 21.0. The van der Waals surface area contributed by atoms with Crippen molar-refractivity contribution in [3.8, 4) is 0 Å². The topological polar surface area (TPSA) is 69.3 Å². The number of nitrogens with one attached hydrogen (secondary N) is 1. The van der Waals surface area contributed by atoms with Gasteiger partial charge in [0.15, 0.2) is 3.95 Å². The van der Waals surface area contributed by atoms with E-state index in [9.17, 15) is 9.18 Å². The lowest BCUT2D eigenvalue weighted by Crippen LogP contribution is -2.18. The van der Waals surface area contributed by atoms with Crippen LogP contribution in [0.5, 0.6) is 0 Å². The summed E-state index contributed by atoms with van der Waals surface area (Å²) in [7, 11) is 0. The normalized spacial score (nSPS) is 17.3. The van der Waals surface area contributed by atoms with Crippen LogP contribution >= 0.6 is 23.6 Å². The fraction of sp³-hybridized carbons (Fsp3) is 0.333. The monoisotopic (exact) mass is 353 g/mol. The van der Waals surface area contributed by atoms with E-state index in [4.69, 9.17) is 22.7 Å². The van der Waals surface area contributed by atoms with Gasteiger partial charge in [-0.3, -0.25) is 4.79 Å². The third-order valence-corrected chi connectivity index (χ3v) is 5.10. The predicted octanol–water partition coefficient (Wildman–Crippen LogP) is 3.43. The van der Waals surface area contributed by atoms with E-state index in [1.54, 1.807) is 10.6 Å². The van der Waals surface area contributed by atoms with Gasteiger partial charge in [-0.25, -0.2) is 4.39 Å². The van der Waals surface area contributed by atoms with Crippen LogP contribution in [-0.4, -0.2) is 23.2 Å². The molecule has 0 spiro atoms. The van der Waals surface area contributed by atoms with E-state index in [2.05, 4.69) is 5.32 Å². The Balaban J connectivity index is 1.79. The quantitative estimate of drug-likeness (QED) is 0.826. The molecule has 1 aliphatic rings. The minimum absolute atomic E-state index is 0.0812. The molecule has 1 amide bonds. The van der Waals surface area contributed by atoms with Crippen LogP contribution in [0.2, 0.25) is 0 Å². The first-order chi connectivity index (χ1) is 11.0. The molecule has 2 heterocycles. The molecule has 3 N–H and O–H groups in total. The highest BCUT2D eigenvalue weighted by molar-refractivity contribution is 7.73. The lowest BCUT2D eigenvalue weighted by Gasteiger charge is -2.12. The Morgan fingerprint density at radius 2 is 2.39 bits per heavy atom. The molecule has 1 saturated heterocycles. The number of hydrogen-bond acceptors (Lipinski definition) is 5. The number of carbonyl (C=O) groups excluding carboxylic acids is 1. The van der Waals surface area contributed by atoms with Gasteiger partial charge in [0.05, 0.1) is 12.6 Å². The number of rotatable bonds is 4. The zero-order valence-electron chi connectivity index (χ0n) is 12.3. The van der Waals surface area contributed by atoms with E-state index in [0.29, 0.717) is 26.9 Å². The molecule has 122 valence electrons. The second-order valence-electron chi connectivity index (χ2n) is 5.29. The molecule has 23 heavy (non-hydrogen) atoms. The minimum atomic E-state index is -0.417. The number of thiazole rings is 1. The maximum absolute atomic E-state index is 13.2. The molecule has 0 radical (unpaired) electrons. The number of nitrogens with two attached hydrogens (primary N) is 1. The Kier molecular flexibility index (Phi) is 4.74. The molecule has 5 nitrogen and oxygen atoms in total.